The van der Waals surface area contributed by atoms with Gasteiger partial charge in [0, 0.05) is 13.3 Å². The lowest BCUT2D eigenvalue weighted by molar-refractivity contribution is 1.44. The molecule has 0 fully saturated rings. The van der Waals surface area contributed by atoms with Crippen molar-refractivity contribution in [2.75, 3.05) is 7.05 Å². The molecule has 0 bridgehead atoms. The van der Waals surface area contributed by atoms with Crippen molar-refractivity contribution in [1.29, 1.82) is 0 Å². The summed E-state index contributed by atoms with van der Waals surface area (Å²) in [5.74, 6) is 0. The smallest absolute Gasteiger partial charge is 0.0277 e. The highest BCUT2D eigenvalue weighted by Crippen LogP contribution is 1.87. The van der Waals surface area contributed by atoms with E-state index >= 15 is 0 Å². The van der Waals surface area contributed by atoms with Crippen LogP contribution in [0.25, 0.3) is 0 Å². The second-order valence-electron chi connectivity index (χ2n) is 1.82. The van der Waals surface area contributed by atoms with Crippen LogP contribution in [0.4, 0.5) is 0 Å². The summed E-state index contributed by atoms with van der Waals surface area (Å²) in [4.78, 5) is 3.86. The molecule has 0 atom stereocenters. The Labute approximate surface area is 56.8 Å². The molecule has 0 heterocycles. The van der Waals surface area contributed by atoms with Gasteiger partial charge in [-0.3, -0.25) is 4.99 Å². The molecule has 0 aliphatic rings. The summed E-state index contributed by atoms with van der Waals surface area (Å²) in [6.45, 7) is 4.01. The van der Waals surface area contributed by atoms with Crippen LogP contribution >= 0.6 is 0 Å². The SMILES string of the molecule is C/C=C\C=C(/C)C=NC. The average Bonchev–Trinajstić information content (AvgIpc) is 1.85. The number of rotatable bonds is 2. The minimum absolute atomic E-state index is 1.18. The normalized spacial score (nSPS) is 13.9. The largest absolute Gasteiger partial charge is 0.296 e. The maximum absolute atomic E-state index is 3.86. The molecule has 0 amide bonds. The zero-order valence-corrected chi connectivity index (χ0v) is 6.26. The van der Waals surface area contributed by atoms with Crippen molar-refractivity contribution in [3.63, 3.8) is 0 Å². The van der Waals surface area contributed by atoms with Gasteiger partial charge in [-0.15, -0.1) is 0 Å². The fraction of sp³-hybridized carbons (Fsp3) is 0.375. The Morgan fingerprint density at radius 2 is 2.11 bits per heavy atom. The fourth-order valence-electron chi connectivity index (χ4n) is 0.495. The highest BCUT2D eigenvalue weighted by molar-refractivity contribution is 5.77. The topological polar surface area (TPSA) is 12.4 Å². The van der Waals surface area contributed by atoms with Gasteiger partial charge in [-0.05, 0) is 19.4 Å². The Balaban J connectivity index is 3.84. The van der Waals surface area contributed by atoms with Crippen LogP contribution in [0.5, 0.6) is 0 Å². The predicted octanol–water partition coefficient (Wildman–Crippen LogP) is 2.21. The second-order valence-corrected chi connectivity index (χ2v) is 1.82. The molecule has 1 heteroatoms. The first-order valence-electron chi connectivity index (χ1n) is 3.03. The van der Waals surface area contributed by atoms with Crippen molar-refractivity contribution in [2.24, 2.45) is 4.99 Å². The number of nitrogens with zero attached hydrogens (tertiary/aromatic N) is 1. The van der Waals surface area contributed by atoms with E-state index < -0.39 is 0 Å². The molecule has 0 rings (SSSR count). The zero-order valence-electron chi connectivity index (χ0n) is 6.26. The van der Waals surface area contributed by atoms with Crippen LogP contribution in [-0.4, -0.2) is 13.3 Å². The summed E-state index contributed by atoms with van der Waals surface area (Å²) in [6, 6.07) is 0. The van der Waals surface area contributed by atoms with Crippen molar-refractivity contribution in [3.05, 3.63) is 23.8 Å². The molecule has 1 nitrogen and oxygen atoms in total. The molecule has 50 valence electrons. The fourth-order valence-corrected chi connectivity index (χ4v) is 0.495. The number of allylic oxidation sites excluding steroid dienone is 4. The summed E-state index contributed by atoms with van der Waals surface area (Å²) in [7, 11) is 1.77. The van der Waals surface area contributed by atoms with Crippen LogP contribution in [0.2, 0.25) is 0 Å². The molecule has 0 aromatic carbocycles. The molecule has 0 aliphatic heterocycles. The number of hydrogen-bond acceptors (Lipinski definition) is 1. The van der Waals surface area contributed by atoms with Crippen molar-refractivity contribution < 1.29 is 0 Å². The monoisotopic (exact) mass is 123 g/mol. The molecule has 0 saturated heterocycles. The number of hydrogen-bond donors (Lipinski definition) is 0. The highest BCUT2D eigenvalue weighted by Gasteiger charge is 1.74. The van der Waals surface area contributed by atoms with E-state index in [0.29, 0.717) is 0 Å². The van der Waals surface area contributed by atoms with E-state index in [1.54, 1.807) is 7.05 Å². The number of aliphatic imine (C=N–C) groups is 1. The van der Waals surface area contributed by atoms with Crippen LogP contribution in [0.3, 0.4) is 0 Å². The Bertz CT molecular complexity index is 141. The molecule has 0 radical (unpaired) electrons. The standard InChI is InChI=1S/C8H13N/c1-4-5-6-8(2)7-9-3/h4-7H,1-3H3/b5-4-,8-6+,9-7?. The molecule has 0 aromatic rings. The first-order chi connectivity index (χ1) is 4.31. The summed E-state index contributed by atoms with van der Waals surface area (Å²) >= 11 is 0. The van der Waals surface area contributed by atoms with E-state index in [2.05, 4.69) is 4.99 Å². The Hall–Kier alpha value is -0.850. The third-order valence-corrected chi connectivity index (χ3v) is 0.884. The first-order valence-corrected chi connectivity index (χ1v) is 3.03. The van der Waals surface area contributed by atoms with Crippen LogP contribution in [0.1, 0.15) is 13.8 Å². The first kappa shape index (κ1) is 8.15. The molecule has 0 saturated carbocycles. The minimum Gasteiger partial charge on any atom is -0.296 e. The summed E-state index contributed by atoms with van der Waals surface area (Å²) in [5, 5.41) is 0. The van der Waals surface area contributed by atoms with Gasteiger partial charge in [0.15, 0.2) is 0 Å². The van der Waals surface area contributed by atoms with Gasteiger partial charge in [-0.1, -0.05) is 18.2 Å². The summed E-state index contributed by atoms with van der Waals surface area (Å²) in [6.07, 6.45) is 7.84. The molecular formula is C8H13N. The summed E-state index contributed by atoms with van der Waals surface area (Å²) in [5.41, 5.74) is 1.18. The minimum atomic E-state index is 1.18. The third-order valence-electron chi connectivity index (χ3n) is 0.884. The predicted molar refractivity (Wildman–Crippen MR) is 43.0 cm³/mol. The van der Waals surface area contributed by atoms with Crippen LogP contribution in [0, 0.1) is 0 Å². The van der Waals surface area contributed by atoms with Gasteiger partial charge in [0.25, 0.3) is 0 Å². The molecular weight excluding hydrogens is 110 g/mol. The van der Waals surface area contributed by atoms with Crippen LogP contribution < -0.4 is 0 Å². The van der Waals surface area contributed by atoms with Crippen LogP contribution in [-0.2, 0) is 0 Å². The molecule has 0 aromatic heterocycles. The van der Waals surface area contributed by atoms with Gasteiger partial charge in [-0.25, -0.2) is 0 Å². The molecule has 0 spiro atoms. The van der Waals surface area contributed by atoms with Crippen molar-refractivity contribution in [3.8, 4) is 0 Å². The maximum atomic E-state index is 3.86. The van der Waals surface area contributed by atoms with Gasteiger partial charge in [0.1, 0.15) is 0 Å². The molecule has 0 unspecified atom stereocenters. The summed E-state index contributed by atoms with van der Waals surface area (Å²) < 4.78 is 0. The lowest BCUT2D eigenvalue weighted by Gasteiger charge is -1.83. The van der Waals surface area contributed by atoms with E-state index in [-0.39, 0.29) is 0 Å². The Morgan fingerprint density at radius 1 is 1.44 bits per heavy atom. The average molecular weight is 123 g/mol. The Morgan fingerprint density at radius 3 is 2.56 bits per heavy atom. The van der Waals surface area contributed by atoms with Gasteiger partial charge < -0.3 is 0 Å². The second kappa shape index (κ2) is 5.29. The van der Waals surface area contributed by atoms with E-state index in [9.17, 15) is 0 Å². The maximum Gasteiger partial charge on any atom is 0.0277 e. The van der Waals surface area contributed by atoms with Gasteiger partial charge in [-0.2, -0.15) is 0 Å². The van der Waals surface area contributed by atoms with Gasteiger partial charge >= 0.3 is 0 Å². The van der Waals surface area contributed by atoms with Crippen LogP contribution in [0.15, 0.2) is 28.8 Å². The molecule has 0 aliphatic carbocycles. The van der Waals surface area contributed by atoms with Gasteiger partial charge in [0.2, 0.25) is 0 Å². The lowest BCUT2D eigenvalue weighted by atomic mass is 10.3. The lowest BCUT2D eigenvalue weighted by Crippen LogP contribution is -1.73. The van der Waals surface area contributed by atoms with Crippen molar-refractivity contribution in [1.82, 2.24) is 0 Å². The van der Waals surface area contributed by atoms with E-state index in [1.165, 1.54) is 5.57 Å². The van der Waals surface area contributed by atoms with E-state index in [0.717, 1.165) is 0 Å². The zero-order chi connectivity index (χ0) is 7.11. The van der Waals surface area contributed by atoms with E-state index in [1.807, 2.05) is 38.3 Å². The molecule has 0 N–H and O–H groups in total. The Kier molecular flexibility index (Phi) is 4.79. The molecule has 9 heavy (non-hydrogen) atoms. The highest BCUT2D eigenvalue weighted by atomic mass is 14.6. The van der Waals surface area contributed by atoms with Crippen molar-refractivity contribution in [2.45, 2.75) is 13.8 Å². The quantitative estimate of drug-likeness (QED) is 0.394. The van der Waals surface area contributed by atoms with E-state index in [4.69, 9.17) is 0 Å². The van der Waals surface area contributed by atoms with Crippen molar-refractivity contribution >= 4 is 6.21 Å². The van der Waals surface area contributed by atoms with Gasteiger partial charge in [0.05, 0.1) is 0 Å². The third kappa shape index (κ3) is 5.01.